The highest BCUT2D eigenvalue weighted by molar-refractivity contribution is 5.98. The summed E-state index contributed by atoms with van der Waals surface area (Å²) < 4.78 is 5.52. The van der Waals surface area contributed by atoms with Gasteiger partial charge in [0.25, 0.3) is 12.1 Å². The molecule has 35 heavy (non-hydrogen) atoms. The quantitative estimate of drug-likeness (QED) is 0.646. The van der Waals surface area contributed by atoms with E-state index in [0.29, 0.717) is 25.3 Å². The summed E-state index contributed by atoms with van der Waals surface area (Å²) in [4.78, 5) is 43.5. The molecule has 1 aliphatic carbocycles. The minimum absolute atomic E-state index is 0.0684. The third-order valence-corrected chi connectivity index (χ3v) is 7.56. The summed E-state index contributed by atoms with van der Waals surface area (Å²) in [6.07, 6.45) is 5.25. The molecular weight excluding hydrogens is 444 g/mol. The first-order valence-corrected chi connectivity index (χ1v) is 12.6. The van der Waals surface area contributed by atoms with E-state index in [-0.39, 0.29) is 24.0 Å². The standard InChI is InChI=1S/C28H32N2O5/c31-23-13-11-20(12-14-23)16-24-26(33)30-22(15-19-7-3-1-4-8-19)17-25(32)35-28(30)27(34)29(24)18-21-9-5-2-6-10-21/h1,3-4,7-8,11-14,21-22,24,28,31H,2,5-6,9-10,15-18H2/t22-,24-,28?/m0/s1. The molecule has 0 spiro atoms. The molecule has 7 heteroatoms. The van der Waals surface area contributed by atoms with Crippen LogP contribution in [0.1, 0.15) is 49.7 Å². The van der Waals surface area contributed by atoms with Crippen LogP contribution >= 0.6 is 0 Å². The largest absolute Gasteiger partial charge is 0.508 e. The Labute approximate surface area is 205 Å². The van der Waals surface area contributed by atoms with E-state index < -0.39 is 24.3 Å². The summed E-state index contributed by atoms with van der Waals surface area (Å²) in [5, 5.41) is 9.69. The summed E-state index contributed by atoms with van der Waals surface area (Å²) in [6, 6.07) is 15.4. The van der Waals surface area contributed by atoms with Crippen LogP contribution in [0.15, 0.2) is 54.6 Å². The number of benzene rings is 2. The molecule has 0 radical (unpaired) electrons. The second-order valence-electron chi connectivity index (χ2n) is 10.0. The van der Waals surface area contributed by atoms with Crippen LogP contribution in [0.3, 0.4) is 0 Å². The number of aromatic hydroxyl groups is 1. The van der Waals surface area contributed by atoms with Crippen molar-refractivity contribution >= 4 is 17.8 Å². The lowest BCUT2D eigenvalue weighted by atomic mass is 9.87. The molecule has 1 unspecified atom stereocenters. The van der Waals surface area contributed by atoms with Crippen molar-refractivity contribution in [3.8, 4) is 5.75 Å². The number of fused-ring (bicyclic) bond motifs is 1. The highest BCUT2D eigenvalue weighted by Gasteiger charge is 2.53. The molecule has 184 valence electrons. The zero-order valence-corrected chi connectivity index (χ0v) is 19.8. The van der Waals surface area contributed by atoms with Crippen LogP contribution in [0.25, 0.3) is 0 Å². The van der Waals surface area contributed by atoms with Gasteiger partial charge in [-0.15, -0.1) is 0 Å². The molecule has 7 nitrogen and oxygen atoms in total. The van der Waals surface area contributed by atoms with Crippen LogP contribution in [0.2, 0.25) is 0 Å². The highest BCUT2D eigenvalue weighted by Crippen LogP contribution is 2.33. The number of ether oxygens (including phenoxy) is 1. The van der Waals surface area contributed by atoms with E-state index in [0.717, 1.165) is 36.8 Å². The zero-order chi connectivity index (χ0) is 24.4. The third-order valence-electron chi connectivity index (χ3n) is 7.56. The average Bonchev–Trinajstić information content (AvgIpc) is 2.87. The van der Waals surface area contributed by atoms with Gasteiger partial charge in [0.05, 0.1) is 12.5 Å². The lowest BCUT2D eigenvalue weighted by Gasteiger charge is -2.50. The summed E-state index contributed by atoms with van der Waals surface area (Å²) in [7, 11) is 0. The maximum atomic E-state index is 14.0. The van der Waals surface area contributed by atoms with Crippen LogP contribution < -0.4 is 0 Å². The molecule has 2 heterocycles. The van der Waals surface area contributed by atoms with Gasteiger partial charge in [0.15, 0.2) is 0 Å². The van der Waals surface area contributed by atoms with E-state index in [1.165, 1.54) is 11.3 Å². The maximum Gasteiger partial charge on any atom is 0.310 e. The number of phenolic OH excluding ortho intramolecular Hbond substituents is 1. The van der Waals surface area contributed by atoms with Crippen molar-refractivity contribution in [2.45, 2.75) is 69.7 Å². The number of carbonyl (C=O) groups is 3. The molecule has 3 aliphatic rings. The van der Waals surface area contributed by atoms with Gasteiger partial charge in [-0.1, -0.05) is 61.7 Å². The molecule has 0 aromatic heterocycles. The lowest BCUT2D eigenvalue weighted by molar-refractivity contribution is -0.203. The van der Waals surface area contributed by atoms with Crippen molar-refractivity contribution in [1.29, 1.82) is 0 Å². The van der Waals surface area contributed by atoms with Gasteiger partial charge < -0.3 is 14.7 Å². The number of hydrogen-bond acceptors (Lipinski definition) is 5. The molecule has 1 N–H and O–H groups in total. The summed E-state index contributed by atoms with van der Waals surface area (Å²) in [5.74, 6) is -0.418. The van der Waals surface area contributed by atoms with Crippen molar-refractivity contribution in [3.05, 3.63) is 65.7 Å². The van der Waals surface area contributed by atoms with Crippen LogP contribution in [0.5, 0.6) is 5.75 Å². The van der Waals surface area contributed by atoms with Gasteiger partial charge in [0.2, 0.25) is 5.91 Å². The van der Waals surface area contributed by atoms with Gasteiger partial charge in [-0.25, -0.2) is 0 Å². The van der Waals surface area contributed by atoms with E-state index in [2.05, 4.69) is 0 Å². The highest BCUT2D eigenvalue weighted by atomic mass is 16.6. The van der Waals surface area contributed by atoms with E-state index in [1.807, 2.05) is 30.3 Å². The number of amides is 2. The number of esters is 1. The Hall–Kier alpha value is -3.35. The van der Waals surface area contributed by atoms with Gasteiger partial charge in [-0.2, -0.15) is 0 Å². The number of piperazine rings is 1. The Kier molecular flexibility index (Phi) is 6.75. The van der Waals surface area contributed by atoms with E-state index in [4.69, 9.17) is 4.74 Å². The minimum Gasteiger partial charge on any atom is -0.508 e. The van der Waals surface area contributed by atoms with Crippen molar-refractivity contribution in [3.63, 3.8) is 0 Å². The molecule has 3 atom stereocenters. The number of rotatable bonds is 6. The molecule has 5 rings (SSSR count). The average molecular weight is 477 g/mol. The predicted octanol–water partition coefficient (Wildman–Crippen LogP) is 3.44. The van der Waals surface area contributed by atoms with Crippen LogP contribution in [-0.4, -0.2) is 57.5 Å². The topological polar surface area (TPSA) is 87.2 Å². The molecule has 2 amide bonds. The number of carbonyl (C=O) groups excluding carboxylic acids is 3. The van der Waals surface area contributed by atoms with Crippen molar-refractivity contribution in [2.75, 3.05) is 6.54 Å². The summed E-state index contributed by atoms with van der Waals surface area (Å²) >= 11 is 0. The second-order valence-corrected chi connectivity index (χ2v) is 10.0. The molecule has 2 aromatic rings. The SMILES string of the molecule is O=C1C[C@H](Cc2ccccc2)N2C(=O)[C@H](Cc3ccc(O)cc3)N(CC3CCCCC3)C(=O)C2O1. The first-order chi connectivity index (χ1) is 17.0. The lowest BCUT2D eigenvalue weighted by Crippen LogP contribution is -2.71. The Morgan fingerprint density at radius 2 is 1.51 bits per heavy atom. The predicted molar refractivity (Wildman–Crippen MR) is 129 cm³/mol. The molecule has 0 bridgehead atoms. The normalized spacial score (nSPS) is 25.4. The Morgan fingerprint density at radius 1 is 0.829 bits per heavy atom. The zero-order valence-electron chi connectivity index (χ0n) is 19.8. The first kappa shape index (κ1) is 23.4. The minimum atomic E-state index is -1.20. The summed E-state index contributed by atoms with van der Waals surface area (Å²) in [6.45, 7) is 0.499. The van der Waals surface area contributed by atoms with Crippen LogP contribution in [0, 0.1) is 5.92 Å². The molecular formula is C28H32N2O5. The van der Waals surface area contributed by atoms with Gasteiger partial charge in [-0.3, -0.25) is 19.3 Å². The fraction of sp³-hybridized carbons (Fsp3) is 0.464. The van der Waals surface area contributed by atoms with Crippen molar-refractivity contribution in [1.82, 2.24) is 9.80 Å². The van der Waals surface area contributed by atoms with Gasteiger partial charge in [0, 0.05) is 13.0 Å². The second kappa shape index (κ2) is 10.1. The fourth-order valence-corrected chi connectivity index (χ4v) is 5.75. The fourth-order valence-electron chi connectivity index (χ4n) is 5.75. The van der Waals surface area contributed by atoms with Gasteiger partial charge in [0.1, 0.15) is 11.8 Å². The summed E-state index contributed by atoms with van der Waals surface area (Å²) in [5.41, 5.74) is 1.88. The smallest absolute Gasteiger partial charge is 0.310 e. The van der Waals surface area contributed by atoms with Gasteiger partial charge in [-0.05, 0) is 48.4 Å². The number of phenols is 1. The number of nitrogens with zero attached hydrogens (tertiary/aromatic N) is 2. The van der Waals surface area contributed by atoms with Gasteiger partial charge >= 0.3 is 5.97 Å². The van der Waals surface area contributed by atoms with E-state index >= 15 is 0 Å². The Morgan fingerprint density at radius 3 is 2.23 bits per heavy atom. The molecule has 2 aromatic carbocycles. The van der Waals surface area contributed by atoms with E-state index in [1.54, 1.807) is 29.2 Å². The molecule has 2 saturated heterocycles. The third kappa shape index (κ3) is 5.04. The van der Waals surface area contributed by atoms with Crippen LogP contribution in [0.4, 0.5) is 0 Å². The Bertz CT molecular complexity index is 1060. The Balaban J connectivity index is 1.46. The van der Waals surface area contributed by atoms with Crippen molar-refractivity contribution in [2.24, 2.45) is 5.92 Å². The van der Waals surface area contributed by atoms with Crippen molar-refractivity contribution < 1.29 is 24.2 Å². The first-order valence-electron chi connectivity index (χ1n) is 12.6. The molecule has 3 fully saturated rings. The maximum absolute atomic E-state index is 14.0. The molecule has 1 saturated carbocycles. The monoisotopic (exact) mass is 476 g/mol. The van der Waals surface area contributed by atoms with Crippen LogP contribution in [-0.2, 0) is 32.0 Å². The van der Waals surface area contributed by atoms with E-state index in [9.17, 15) is 19.5 Å². The number of hydrogen-bond donors (Lipinski definition) is 1. The molecule has 2 aliphatic heterocycles.